The summed E-state index contributed by atoms with van der Waals surface area (Å²) in [6.45, 7) is 3.65. The van der Waals surface area contributed by atoms with E-state index in [2.05, 4.69) is 16.9 Å². The van der Waals surface area contributed by atoms with Crippen LogP contribution in [-0.4, -0.2) is 44.9 Å². The van der Waals surface area contributed by atoms with Crippen molar-refractivity contribution >= 4 is 11.9 Å². The van der Waals surface area contributed by atoms with Crippen LogP contribution in [-0.2, 0) is 0 Å². The molecule has 1 atom stereocenters. The Labute approximate surface area is 117 Å². The van der Waals surface area contributed by atoms with Crippen molar-refractivity contribution in [2.75, 3.05) is 13.1 Å². The molecule has 1 aliphatic rings. The molecule has 0 spiro atoms. The fourth-order valence-corrected chi connectivity index (χ4v) is 2.49. The van der Waals surface area contributed by atoms with E-state index in [1.165, 1.54) is 6.20 Å². The fraction of sp³-hybridized carbons (Fsp3) is 0.571. The Bertz CT molecular complexity index is 487. The Hall–Kier alpha value is -1.98. The number of rotatable bonds is 3. The van der Waals surface area contributed by atoms with Crippen LogP contribution in [0.2, 0.25) is 0 Å². The van der Waals surface area contributed by atoms with Gasteiger partial charge in [-0.3, -0.25) is 4.79 Å². The molecule has 0 aliphatic carbocycles. The van der Waals surface area contributed by atoms with Gasteiger partial charge in [0.05, 0.1) is 12.4 Å². The van der Waals surface area contributed by atoms with Gasteiger partial charge in [-0.25, -0.2) is 14.8 Å². The monoisotopic (exact) mass is 277 g/mol. The molecule has 108 valence electrons. The molecule has 0 radical (unpaired) electrons. The molecular weight excluding hydrogens is 258 g/mol. The second-order valence-electron chi connectivity index (χ2n) is 5.09. The second-order valence-corrected chi connectivity index (χ2v) is 5.09. The zero-order valence-electron chi connectivity index (χ0n) is 11.6. The van der Waals surface area contributed by atoms with Gasteiger partial charge in [-0.2, -0.15) is 0 Å². The third-order valence-electron chi connectivity index (χ3n) is 3.80. The molecule has 1 aliphatic heterocycles. The Morgan fingerprint density at radius 1 is 1.25 bits per heavy atom. The van der Waals surface area contributed by atoms with Gasteiger partial charge in [0, 0.05) is 13.1 Å². The number of amides is 1. The predicted octanol–water partition coefficient (Wildman–Crippen LogP) is 1.83. The molecule has 0 aromatic carbocycles. The lowest BCUT2D eigenvalue weighted by Gasteiger charge is -2.19. The molecule has 2 heterocycles. The number of carbonyl (C=O) groups excluding carboxylic acids is 1. The second kappa shape index (κ2) is 6.45. The smallest absolute Gasteiger partial charge is 0.356 e. The summed E-state index contributed by atoms with van der Waals surface area (Å²) in [5.41, 5.74) is 0.0633. The van der Waals surface area contributed by atoms with Crippen molar-refractivity contribution in [3.05, 3.63) is 23.8 Å². The van der Waals surface area contributed by atoms with Gasteiger partial charge in [0.2, 0.25) is 0 Å². The van der Waals surface area contributed by atoms with Gasteiger partial charge in [-0.15, -0.1) is 0 Å². The van der Waals surface area contributed by atoms with Crippen molar-refractivity contribution < 1.29 is 14.7 Å². The van der Waals surface area contributed by atoms with Crippen LogP contribution in [0.4, 0.5) is 0 Å². The summed E-state index contributed by atoms with van der Waals surface area (Å²) >= 11 is 0. The van der Waals surface area contributed by atoms with Gasteiger partial charge in [0.1, 0.15) is 5.69 Å². The molecule has 2 rings (SSSR count). The Morgan fingerprint density at radius 2 is 1.95 bits per heavy atom. The van der Waals surface area contributed by atoms with Crippen LogP contribution in [0.1, 0.15) is 53.6 Å². The summed E-state index contributed by atoms with van der Waals surface area (Å²) in [6, 6.07) is 0. The van der Waals surface area contributed by atoms with Gasteiger partial charge >= 0.3 is 5.97 Å². The highest BCUT2D eigenvalue weighted by Crippen LogP contribution is 2.21. The van der Waals surface area contributed by atoms with Crippen molar-refractivity contribution in [3.8, 4) is 0 Å². The number of carbonyl (C=O) groups is 2. The van der Waals surface area contributed by atoms with Gasteiger partial charge < -0.3 is 10.0 Å². The van der Waals surface area contributed by atoms with Crippen molar-refractivity contribution in [1.82, 2.24) is 14.9 Å². The van der Waals surface area contributed by atoms with Gasteiger partial charge in [-0.1, -0.05) is 13.3 Å². The van der Waals surface area contributed by atoms with E-state index in [1.54, 1.807) is 4.90 Å². The average molecular weight is 277 g/mol. The van der Waals surface area contributed by atoms with E-state index >= 15 is 0 Å². The van der Waals surface area contributed by atoms with Gasteiger partial charge in [0.15, 0.2) is 5.69 Å². The van der Waals surface area contributed by atoms with Crippen molar-refractivity contribution in [2.24, 2.45) is 5.92 Å². The van der Waals surface area contributed by atoms with E-state index in [-0.39, 0.29) is 17.3 Å². The minimum atomic E-state index is -1.14. The van der Waals surface area contributed by atoms with Crippen molar-refractivity contribution in [3.63, 3.8) is 0 Å². The summed E-state index contributed by atoms with van der Waals surface area (Å²) in [6.07, 6.45) is 6.70. The lowest BCUT2D eigenvalue weighted by molar-refractivity contribution is 0.0685. The van der Waals surface area contributed by atoms with Crippen LogP contribution in [0.25, 0.3) is 0 Å². The first-order valence-electron chi connectivity index (χ1n) is 6.96. The summed E-state index contributed by atoms with van der Waals surface area (Å²) in [5.74, 6) is -0.614. The maximum atomic E-state index is 12.3. The average Bonchev–Trinajstić information content (AvgIpc) is 2.72. The maximum Gasteiger partial charge on any atom is 0.356 e. The molecular formula is C14H19N3O3. The Kier molecular flexibility index (Phi) is 4.65. The number of hydrogen-bond donors (Lipinski definition) is 1. The predicted molar refractivity (Wildman–Crippen MR) is 72.5 cm³/mol. The molecule has 1 aromatic heterocycles. The molecule has 1 amide bonds. The zero-order chi connectivity index (χ0) is 14.5. The summed E-state index contributed by atoms with van der Waals surface area (Å²) < 4.78 is 0. The van der Waals surface area contributed by atoms with Crippen LogP contribution < -0.4 is 0 Å². The lowest BCUT2D eigenvalue weighted by atomic mass is 9.98. The summed E-state index contributed by atoms with van der Waals surface area (Å²) in [5, 5.41) is 8.76. The minimum absolute atomic E-state index is 0.150. The number of likely N-dealkylation sites (tertiary alicyclic amines) is 1. The first-order chi connectivity index (χ1) is 9.61. The summed E-state index contributed by atoms with van der Waals surface area (Å²) in [7, 11) is 0. The molecule has 1 fully saturated rings. The molecule has 1 saturated heterocycles. The van der Waals surface area contributed by atoms with Gasteiger partial charge in [-0.05, 0) is 25.2 Å². The van der Waals surface area contributed by atoms with E-state index in [4.69, 9.17) is 5.11 Å². The van der Waals surface area contributed by atoms with Gasteiger partial charge in [0.25, 0.3) is 5.91 Å². The van der Waals surface area contributed by atoms with E-state index in [0.717, 1.165) is 45.0 Å². The third kappa shape index (κ3) is 3.31. The van der Waals surface area contributed by atoms with Crippen molar-refractivity contribution in [1.29, 1.82) is 0 Å². The first kappa shape index (κ1) is 14.4. The SMILES string of the molecule is CCC1CCCN(C(=O)c2cnc(C(=O)O)cn2)CC1. The lowest BCUT2D eigenvalue weighted by Crippen LogP contribution is -2.32. The zero-order valence-corrected chi connectivity index (χ0v) is 11.6. The molecule has 1 aromatic rings. The molecule has 6 heteroatoms. The van der Waals surface area contributed by atoms with Crippen LogP contribution >= 0.6 is 0 Å². The third-order valence-corrected chi connectivity index (χ3v) is 3.80. The first-order valence-corrected chi connectivity index (χ1v) is 6.96. The Balaban J connectivity index is 2.05. The summed E-state index contributed by atoms with van der Waals surface area (Å²) in [4.78, 5) is 32.4. The number of hydrogen-bond acceptors (Lipinski definition) is 4. The number of carboxylic acid groups (broad SMARTS) is 1. The number of carboxylic acids is 1. The largest absolute Gasteiger partial charge is 0.476 e. The maximum absolute atomic E-state index is 12.3. The van der Waals surface area contributed by atoms with E-state index in [9.17, 15) is 9.59 Å². The van der Waals surface area contributed by atoms with Crippen LogP contribution in [0, 0.1) is 5.92 Å². The number of aromatic nitrogens is 2. The number of aromatic carboxylic acids is 1. The van der Waals surface area contributed by atoms with E-state index in [1.807, 2.05) is 0 Å². The highest BCUT2D eigenvalue weighted by Gasteiger charge is 2.22. The molecule has 0 bridgehead atoms. The molecule has 6 nitrogen and oxygen atoms in total. The van der Waals surface area contributed by atoms with E-state index in [0.29, 0.717) is 5.92 Å². The fourth-order valence-electron chi connectivity index (χ4n) is 2.49. The minimum Gasteiger partial charge on any atom is -0.476 e. The normalized spacial score (nSPS) is 19.4. The number of nitrogens with zero attached hydrogens (tertiary/aromatic N) is 3. The molecule has 20 heavy (non-hydrogen) atoms. The highest BCUT2D eigenvalue weighted by atomic mass is 16.4. The topological polar surface area (TPSA) is 83.4 Å². The van der Waals surface area contributed by atoms with Crippen LogP contribution in [0.15, 0.2) is 12.4 Å². The van der Waals surface area contributed by atoms with Crippen molar-refractivity contribution in [2.45, 2.75) is 32.6 Å². The van der Waals surface area contributed by atoms with E-state index < -0.39 is 5.97 Å². The standard InChI is InChI=1S/C14H19N3O3/c1-2-10-4-3-6-17(7-5-10)13(18)11-8-16-12(9-15-11)14(19)20/h8-10H,2-7H2,1H3,(H,19,20). The quantitative estimate of drug-likeness (QED) is 0.911. The molecule has 0 saturated carbocycles. The molecule has 1 unspecified atom stereocenters. The van der Waals surface area contributed by atoms with Crippen LogP contribution in [0.3, 0.4) is 0 Å². The Morgan fingerprint density at radius 3 is 2.55 bits per heavy atom. The highest BCUT2D eigenvalue weighted by molar-refractivity contribution is 5.92. The van der Waals surface area contributed by atoms with Crippen LogP contribution in [0.5, 0.6) is 0 Å². The molecule has 1 N–H and O–H groups in total.